The van der Waals surface area contributed by atoms with Gasteiger partial charge in [0.25, 0.3) is 5.91 Å². The van der Waals surface area contributed by atoms with E-state index < -0.39 is 0 Å². The molecule has 0 spiro atoms. The predicted molar refractivity (Wildman–Crippen MR) is 102 cm³/mol. The lowest BCUT2D eigenvalue weighted by molar-refractivity contribution is 0.0131. The molecule has 0 aliphatic carbocycles. The van der Waals surface area contributed by atoms with E-state index in [0.29, 0.717) is 37.6 Å². The van der Waals surface area contributed by atoms with E-state index in [0.717, 1.165) is 19.6 Å². The summed E-state index contributed by atoms with van der Waals surface area (Å²) in [5.41, 5.74) is 0.654. The van der Waals surface area contributed by atoms with E-state index in [1.165, 1.54) is 9.75 Å². The molecule has 2 fully saturated rings. The lowest BCUT2D eigenvalue weighted by Gasteiger charge is -2.39. The highest BCUT2D eigenvalue weighted by Gasteiger charge is 2.30. The van der Waals surface area contributed by atoms with Crippen molar-refractivity contribution in [2.75, 3.05) is 39.4 Å². The molecule has 4 rings (SSSR count). The molecule has 1 amide bonds. The quantitative estimate of drug-likeness (QED) is 0.809. The van der Waals surface area contributed by atoms with Gasteiger partial charge >= 0.3 is 0 Å². The number of amides is 1. The minimum absolute atomic E-state index is 0.0362. The van der Waals surface area contributed by atoms with Crippen molar-refractivity contribution in [2.24, 2.45) is 0 Å². The lowest BCUT2D eigenvalue weighted by Crippen LogP contribution is -2.53. The van der Waals surface area contributed by atoms with Crippen LogP contribution in [0, 0.1) is 6.92 Å². The first kappa shape index (κ1) is 17.5. The molecular weight excluding hydrogens is 348 g/mol. The molecular formula is C20H24N2O3S. The number of hydrogen-bond acceptors (Lipinski definition) is 5. The van der Waals surface area contributed by atoms with Gasteiger partial charge in [0.05, 0.1) is 18.8 Å². The fraction of sp³-hybridized carbons (Fsp3) is 0.450. The lowest BCUT2D eigenvalue weighted by atomic mass is 10.1. The van der Waals surface area contributed by atoms with Gasteiger partial charge in [-0.05, 0) is 31.2 Å². The first-order valence-electron chi connectivity index (χ1n) is 9.09. The third kappa shape index (κ3) is 3.92. The molecule has 0 saturated carbocycles. The van der Waals surface area contributed by atoms with Gasteiger partial charge in [0.1, 0.15) is 11.9 Å². The minimum atomic E-state index is 0.0362. The van der Waals surface area contributed by atoms with Crippen LogP contribution in [0.4, 0.5) is 0 Å². The van der Waals surface area contributed by atoms with Crippen LogP contribution in [-0.2, 0) is 11.3 Å². The van der Waals surface area contributed by atoms with Crippen LogP contribution in [0.25, 0.3) is 0 Å². The van der Waals surface area contributed by atoms with E-state index in [2.05, 4.69) is 24.0 Å². The molecule has 2 aliphatic heterocycles. The molecule has 2 aliphatic rings. The SMILES string of the molecule is Cc1ccc(CN2CC(Oc3ccccc3C(=O)N3CCOCC3)C2)s1. The van der Waals surface area contributed by atoms with Gasteiger partial charge in [-0.15, -0.1) is 11.3 Å². The number of rotatable bonds is 5. The second-order valence-electron chi connectivity index (χ2n) is 6.85. The van der Waals surface area contributed by atoms with Crippen molar-refractivity contribution < 1.29 is 14.3 Å². The van der Waals surface area contributed by atoms with Crippen molar-refractivity contribution in [3.8, 4) is 5.75 Å². The molecule has 138 valence electrons. The first-order chi connectivity index (χ1) is 12.7. The van der Waals surface area contributed by atoms with E-state index in [1.807, 2.05) is 40.5 Å². The highest BCUT2D eigenvalue weighted by Crippen LogP contribution is 2.26. The number of ether oxygens (including phenoxy) is 2. The van der Waals surface area contributed by atoms with Crippen molar-refractivity contribution >= 4 is 17.2 Å². The van der Waals surface area contributed by atoms with E-state index in [4.69, 9.17) is 9.47 Å². The van der Waals surface area contributed by atoms with Crippen LogP contribution in [0.2, 0.25) is 0 Å². The third-order valence-electron chi connectivity index (χ3n) is 4.81. The summed E-state index contributed by atoms with van der Waals surface area (Å²) in [7, 11) is 0. The molecule has 26 heavy (non-hydrogen) atoms. The Morgan fingerprint density at radius 3 is 2.69 bits per heavy atom. The summed E-state index contributed by atoms with van der Waals surface area (Å²) in [5, 5.41) is 0. The standard InChI is InChI=1S/C20H24N2O3S/c1-15-6-7-17(26-15)14-21-12-16(13-21)25-19-5-3-2-4-18(19)20(23)22-8-10-24-11-9-22/h2-7,16H,8-14H2,1H3. The van der Waals surface area contributed by atoms with Crippen molar-refractivity contribution in [2.45, 2.75) is 19.6 Å². The van der Waals surface area contributed by atoms with Crippen LogP contribution < -0.4 is 4.74 Å². The second-order valence-corrected chi connectivity index (χ2v) is 8.22. The van der Waals surface area contributed by atoms with Crippen LogP contribution in [0.1, 0.15) is 20.1 Å². The topological polar surface area (TPSA) is 42.0 Å². The minimum Gasteiger partial charge on any atom is -0.487 e. The molecule has 0 bridgehead atoms. The smallest absolute Gasteiger partial charge is 0.257 e. The molecule has 0 radical (unpaired) electrons. The normalized spacial score (nSPS) is 18.6. The highest BCUT2D eigenvalue weighted by atomic mass is 32.1. The molecule has 6 heteroatoms. The Kier molecular flexibility index (Phi) is 5.24. The highest BCUT2D eigenvalue weighted by molar-refractivity contribution is 7.11. The number of para-hydroxylation sites is 1. The Balaban J connectivity index is 1.35. The van der Waals surface area contributed by atoms with Gasteiger partial charge in [-0.1, -0.05) is 12.1 Å². The van der Waals surface area contributed by atoms with Crippen molar-refractivity contribution in [3.63, 3.8) is 0 Å². The molecule has 0 atom stereocenters. The number of aryl methyl sites for hydroxylation is 1. The number of carbonyl (C=O) groups is 1. The van der Waals surface area contributed by atoms with Crippen LogP contribution in [0.3, 0.4) is 0 Å². The third-order valence-corrected chi connectivity index (χ3v) is 5.79. The molecule has 0 unspecified atom stereocenters. The van der Waals surface area contributed by atoms with Crippen molar-refractivity contribution in [3.05, 3.63) is 51.7 Å². The monoisotopic (exact) mass is 372 g/mol. The average Bonchev–Trinajstić information content (AvgIpc) is 3.05. The Morgan fingerprint density at radius 2 is 1.96 bits per heavy atom. The molecule has 1 aromatic heterocycles. The average molecular weight is 372 g/mol. The van der Waals surface area contributed by atoms with E-state index in [1.54, 1.807) is 0 Å². The molecule has 3 heterocycles. The zero-order valence-corrected chi connectivity index (χ0v) is 15.8. The van der Waals surface area contributed by atoms with Crippen molar-refractivity contribution in [1.82, 2.24) is 9.80 Å². The van der Waals surface area contributed by atoms with Gasteiger partial charge in [0, 0.05) is 42.5 Å². The number of carbonyl (C=O) groups excluding carboxylic acids is 1. The Bertz CT molecular complexity index is 764. The number of benzene rings is 1. The predicted octanol–water partition coefficient (Wildman–Crippen LogP) is 2.79. The van der Waals surface area contributed by atoms with Crippen LogP contribution in [0.5, 0.6) is 5.75 Å². The summed E-state index contributed by atoms with van der Waals surface area (Å²) in [5.74, 6) is 0.731. The Morgan fingerprint density at radius 1 is 1.19 bits per heavy atom. The second kappa shape index (κ2) is 7.78. The maximum absolute atomic E-state index is 12.8. The van der Waals surface area contributed by atoms with Crippen molar-refractivity contribution in [1.29, 1.82) is 0 Å². The number of thiophene rings is 1. The number of likely N-dealkylation sites (tertiary alicyclic amines) is 1. The van der Waals surface area contributed by atoms with E-state index in [9.17, 15) is 4.79 Å². The number of morpholine rings is 1. The molecule has 2 saturated heterocycles. The van der Waals surface area contributed by atoms with Crippen LogP contribution in [-0.4, -0.2) is 61.2 Å². The summed E-state index contributed by atoms with van der Waals surface area (Å²) < 4.78 is 11.5. The molecule has 0 N–H and O–H groups in total. The van der Waals surface area contributed by atoms with E-state index >= 15 is 0 Å². The molecule has 2 aromatic rings. The van der Waals surface area contributed by atoms with Gasteiger partial charge in [-0.3, -0.25) is 9.69 Å². The first-order valence-corrected chi connectivity index (χ1v) is 9.91. The fourth-order valence-electron chi connectivity index (χ4n) is 3.38. The number of hydrogen-bond donors (Lipinski definition) is 0. The fourth-order valence-corrected chi connectivity index (χ4v) is 4.31. The van der Waals surface area contributed by atoms with Crippen LogP contribution in [0.15, 0.2) is 36.4 Å². The van der Waals surface area contributed by atoms with Gasteiger partial charge in [-0.25, -0.2) is 0 Å². The summed E-state index contributed by atoms with van der Waals surface area (Å²) in [6.07, 6.45) is 0.148. The Hall–Kier alpha value is -1.89. The van der Waals surface area contributed by atoms with Gasteiger partial charge in [-0.2, -0.15) is 0 Å². The summed E-state index contributed by atoms with van der Waals surface area (Å²) in [4.78, 5) is 19.8. The maximum atomic E-state index is 12.8. The number of nitrogens with zero attached hydrogens (tertiary/aromatic N) is 2. The van der Waals surface area contributed by atoms with Crippen LogP contribution >= 0.6 is 11.3 Å². The molecule has 1 aromatic carbocycles. The zero-order chi connectivity index (χ0) is 17.9. The largest absolute Gasteiger partial charge is 0.487 e. The maximum Gasteiger partial charge on any atom is 0.257 e. The van der Waals surface area contributed by atoms with Gasteiger partial charge in [0.15, 0.2) is 0 Å². The zero-order valence-electron chi connectivity index (χ0n) is 15.0. The Labute approximate surface area is 158 Å². The van der Waals surface area contributed by atoms with Gasteiger partial charge in [0.2, 0.25) is 0 Å². The van der Waals surface area contributed by atoms with E-state index in [-0.39, 0.29) is 12.0 Å². The summed E-state index contributed by atoms with van der Waals surface area (Å²) in [6, 6.07) is 12.0. The summed E-state index contributed by atoms with van der Waals surface area (Å²) >= 11 is 1.85. The molecule has 5 nitrogen and oxygen atoms in total. The van der Waals surface area contributed by atoms with Gasteiger partial charge < -0.3 is 14.4 Å². The summed E-state index contributed by atoms with van der Waals surface area (Å²) in [6.45, 7) is 7.41.